The van der Waals surface area contributed by atoms with Crippen LogP contribution in [0.15, 0.2) is 30.3 Å². The largest absolute Gasteiger partial charge is 0.309 e. The standard InChI is InChI=1S/C19H26N6O/c1-5-24(6-2)11-12-25-17-10-8-7-9-15(17)20-19(25)21-18(26)16-13-14(3)23(4)22-16/h7-10,13H,5-6,11-12H2,1-4H3,(H,20,21,26). The van der Waals surface area contributed by atoms with Crippen LogP contribution in [-0.4, -0.2) is 49.8 Å². The zero-order valence-corrected chi connectivity index (χ0v) is 15.9. The summed E-state index contributed by atoms with van der Waals surface area (Å²) in [5.74, 6) is 0.319. The van der Waals surface area contributed by atoms with Crippen LogP contribution in [0.2, 0.25) is 0 Å². The van der Waals surface area contributed by atoms with Gasteiger partial charge in [0.05, 0.1) is 11.0 Å². The summed E-state index contributed by atoms with van der Waals surface area (Å²) in [6.45, 7) is 9.89. The summed E-state index contributed by atoms with van der Waals surface area (Å²) in [5, 5.41) is 7.19. The molecule has 7 heteroatoms. The average molecular weight is 354 g/mol. The molecular formula is C19H26N6O. The molecule has 7 nitrogen and oxygen atoms in total. The van der Waals surface area contributed by atoms with E-state index < -0.39 is 0 Å². The van der Waals surface area contributed by atoms with Crippen molar-refractivity contribution in [2.24, 2.45) is 7.05 Å². The lowest BCUT2D eigenvalue weighted by atomic mass is 10.3. The predicted molar refractivity (Wildman–Crippen MR) is 103 cm³/mol. The van der Waals surface area contributed by atoms with Crippen LogP contribution in [0.3, 0.4) is 0 Å². The number of amides is 1. The maximum atomic E-state index is 12.6. The monoisotopic (exact) mass is 354 g/mol. The number of likely N-dealkylation sites (N-methyl/N-ethyl adjacent to an activating group) is 1. The highest BCUT2D eigenvalue weighted by Gasteiger charge is 2.17. The number of aromatic nitrogens is 4. The molecule has 2 heterocycles. The number of anilines is 1. The second-order valence-electron chi connectivity index (χ2n) is 6.35. The van der Waals surface area contributed by atoms with E-state index >= 15 is 0 Å². The Kier molecular flexibility index (Phi) is 5.37. The highest BCUT2D eigenvalue weighted by Crippen LogP contribution is 2.20. The van der Waals surface area contributed by atoms with Crippen molar-refractivity contribution in [2.75, 3.05) is 25.0 Å². The normalized spacial score (nSPS) is 11.4. The van der Waals surface area contributed by atoms with Gasteiger partial charge in [-0.15, -0.1) is 0 Å². The zero-order valence-electron chi connectivity index (χ0n) is 15.9. The molecule has 3 rings (SSSR count). The maximum absolute atomic E-state index is 12.6. The van der Waals surface area contributed by atoms with Crippen molar-refractivity contribution in [2.45, 2.75) is 27.3 Å². The second kappa shape index (κ2) is 7.70. The molecule has 0 bridgehead atoms. The fraction of sp³-hybridized carbons (Fsp3) is 0.421. The molecule has 1 aromatic carbocycles. The van der Waals surface area contributed by atoms with Crippen molar-refractivity contribution >= 4 is 22.9 Å². The number of para-hydroxylation sites is 2. The van der Waals surface area contributed by atoms with Gasteiger partial charge in [-0.3, -0.25) is 14.8 Å². The minimum atomic E-state index is -0.243. The van der Waals surface area contributed by atoms with Gasteiger partial charge in [0.2, 0.25) is 5.95 Å². The first-order valence-electron chi connectivity index (χ1n) is 9.03. The lowest BCUT2D eigenvalue weighted by Gasteiger charge is -2.19. The highest BCUT2D eigenvalue weighted by molar-refractivity contribution is 6.02. The average Bonchev–Trinajstić information content (AvgIpc) is 3.16. The fourth-order valence-corrected chi connectivity index (χ4v) is 3.02. The molecule has 1 amide bonds. The number of nitrogens with zero attached hydrogens (tertiary/aromatic N) is 5. The number of rotatable bonds is 7. The molecule has 0 spiro atoms. The van der Waals surface area contributed by atoms with Crippen LogP contribution >= 0.6 is 0 Å². The lowest BCUT2D eigenvalue weighted by Crippen LogP contribution is -2.27. The third-order valence-corrected chi connectivity index (χ3v) is 4.76. The van der Waals surface area contributed by atoms with Crippen molar-refractivity contribution in [1.82, 2.24) is 24.2 Å². The van der Waals surface area contributed by atoms with Crippen LogP contribution in [0.25, 0.3) is 11.0 Å². The smallest absolute Gasteiger partial charge is 0.278 e. The Bertz CT molecular complexity index is 887. The van der Waals surface area contributed by atoms with Crippen LogP contribution in [0.4, 0.5) is 5.95 Å². The third-order valence-electron chi connectivity index (χ3n) is 4.76. The topological polar surface area (TPSA) is 68.0 Å². The molecule has 0 aliphatic carbocycles. The number of hydrogen-bond acceptors (Lipinski definition) is 4. The molecule has 0 fully saturated rings. The van der Waals surface area contributed by atoms with Gasteiger partial charge in [-0.05, 0) is 38.2 Å². The molecule has 1 N–H and O–H groups in total. The van der Waals surface area contributed by atoms with Crippen molar-refractivity contribution in [3.05, 3.63) is 41.7 Å². The molecule has 138 valence electrons. The molecule has 2 aromatic heterocycles. The van der Waals surface area contributed by atoms with Gasteiger partial charge < -0.3 is 9.47 Å². The van der Waals surface area contributed by atoms with Crippen LogP contribution in [0.1, 0.15) is 30.0 Å². The molecule has 0 unspecified atom stereocenters. The van der Waals surface area contributed by atoms with Gasteiger partial charge in [0.25, 0.3) is 5.91 Å². The minimum Gasteiger partial charge on any atom is -0.309 e. The molecule has 26 heavy (non-hydrogen) atoms. The number of imidazole rings is 1. The van der Waals surface area contributed by atoms with E-state index in [1.165, 1.54) is 0 Å². The third kappa shape index (κ3) is 3.62. The van der Waals surface area contributed by atoms with Crippen molar-refractivity contribution < 1.29 is 4.79 Å². The first kappa shape index (κ1) is 18.1. The van der Waals surface area contributed by atoms with Gasteiger partial charge in [-0.2, -0.15) is 5.10 Å². The Morgan fingerprint density at radius 1 is 1.23 bits per heavy atom. The molecule has 0 saturated heterocycles. The van der Waals surface area contributed by atoms with E-state index in [-0.39, 0.29) is 5.91 Å². The van der Waals surface area contributed by atoms with Gasteiger partial charge in [0.1, 0.15) is 0 Å². The van der Waals surface area contributed by atoms with Crippen molar-refractivity contribution in [3.63, 3.8) is 0 Å². The second-order valence-corrected chi connectivity index (χ2v) is 6.35. The number of benzene rings is 1. The molecular weight excluding hydrogens is 328 g/mol. The Hall–Kier alpha value is -2.67. The summed E-state index contributed by atoms with van der Waals surface area (Å²) in [7, 11) is 1.82. The number of aryl methyl sites for hydroxylation is 2. The van der Waals surface area contributed by atoms with Gasteiger partial charge in [0.15, 0.2) is 5.69 Å². The number of nitrogens with one attached hydrogen (secondary N) is 1. The van der Waals surface area contributed by atoms with Crippen LogP contribution in [0, 0.1) is 6.92 Å². The van der Waals surface area contributed by atoms with Crippen LogP contribution < -0.4 is 5.32 Å². The van der Waals surface area contributed by atoms with E-state index in [1.807, 2.05) is 38.2 Å². The molecule has 0 radical (unpaired) electrons. The Morgan fingerprint density at radius 2 is 1.96 bits per heavy atom. The van der Waals surface area contributed by atoms with E-state index in [0.717, 1.165) is 42.9 Å². The van der Waals surface area contributed by atoms with Gasteiger partial charge in [-0.1, -0.05) is 26.0 Å². The first-order chi connectivity index (χ1) is 12.5. The Balaban J connectivity index is 1.89. The molecule has 0 saturated carbocycles. The first-order valence-corrected chi connectivity index (χ1v) is 9.03. The Morgan fingerprint density at radius 3 is 2.62 bits per heavy atom. The SMILES string of the molecule is CCN(CC)CCn1c(NC(=O)c2cc(C)n(C)n2)nc2ccccc21. The summed E-state index contributed by atoms with van der Waals surface area (Å²) in [6, 6.07) is 9.72. The van der Waals surface area contributed by atoms with Crippen molar-refractivity contribution in [3.8, 4) is 0 Å². The van der Waals surface area contributed by atoms with E-state index in [9.17, 15) is 4.79 Å². The molecule has 0 atom stereocenters. The summed E-state index contributed by atoms with van der Waals surface area (Å²) < 4.78 is 3.76. The summed E-state index contributed by atoms with van der Waals surface area (Å²) in [6.07, 6.45) is 0. The van der Waals surface area contributed by atoms with Crippen LogP contribution in [0.5, 0.6) is 0 Å². The number of fused-ring (bicyclic) bond motifs is 1. The summed E-state index contributed by atoms with van der Waals surface area (Å²) in [4.78, 5) is 19.6. The summed E-state index contributed by atoms with van der Waals surface area (Å²) in [5.41, 5.74) is 3.23. The molecule has 0 aliphatic heterocycles. The summed E-state index contributed by atoms with van der Waals surface area (Å²) >= 11 is 0. The number of carbonyl (C=O) groups is 1. The van der Waals surface area contributed by atoms with Gasteiger partial charge in [-0.25, -0.2) is 4.98 Å². The highest BCUT2D eigenvalue weighted by atomic mass is 16.2. The van der Waals surface area contributed by atoms with E-state index in [4.69, 9.17) is 0 Å². The van der Waals surface area contributed by atoms with E-state index in [1.54, 1.807) is 10.7 Å². The van der Waals surface area contributed by atoms with Gasteiger partial charge >= 0.3 is 0 Å². The number of carbonyl (C=O) groups excluding carboxylic acids is 1. The zero-order chi connectivity index (χ0) is 18.7. The molecule has 0 aliphatic rings. The molecule has 3 aromatic rings. The van der Waals surface area contributed by atoms with E-state index in [0.29, 0.717) is 11.6 Å². The van der Waals surface area contributed by atoms with E-state index in [2.05, 4.69) is 38.7 Å². The van der Waals surface area contributed by atoms with Crippen molar-refractivity contribution in [1.29, 1.82) is 0 Å². The quantitative estimate of drug-likeness (QED) is 0.708. The minimum absolute atomic E-state index is 0.243. The predicted octanol–water partition coefficient (Wildman–Crippen LogP) is 2.67. The lowest BCUT2D eigenvalue weighted by molar-refractivity contribution is 0.102. The number of hydrogen-bond donors (Lipinski definition) is 1. The Labute approximate surface area is 153 Å². The van der Waals surface area contributed by atoms with Gasteiger partial charge in [0, 0.05) is 25.8 Å². The fourth-order valence-electron chi connectivity index (χ4n) is 3.02. The maximum Gasteiger partial charge on any atom is 0.278 e. The van der Waals surface area contributed by atoms with Crippen LogP contribution in [-0.2, 0) is 13.6 Å².